The molecule has 8 heteroatoms. The second-order valence-electron chi connectivity index (χ2n) is 6.36. The molecule has 27 heavy (non-hydrogen) atoms. The highest BCUT2D eigenvalue weighted by molar-refractivity contribution is 14.0. The molecule has 0 bridgehead atoms. The second kappa shape index (κ2) is 12.6. The Labute approximate surface area is 179 Å². The molecule has 0 fully saturated rings. The average Bonchev–Trinajstić information content (AvgIpc) is 2.61. The Hall–Kier alpha value is -1.71. The van der Waals surface area contributed by atoms with E-state index in [1.807, 2.05) is 52.8 Å². The predicted molar refractivity (Wildman–Crippen MR) is 122 cm³/mol. The number of guanidine groups is 1. The van der Waals surface area contributed by atoms with E-state index in [-0.39, 0.29) is 29.9 Å². The van der Waals surface area contributed by atoms with Crippen molar-refractivity contribution >= 4 is 41.5 Å². The SMILES string of the molecule is CCNC(=O)C(C)(C)CN=C(NCC)Nc1ccc(OCC)c(OC)c1.I. The van der Waals surface area contributed by atoms with Crippen LogP contribution in [0.25, 0.3) is 0 Å². The first-order chi connectivity index (χ1) is 12.4. The van der Waals surface area contributed by atoms with Gasteiger partial charge in [0.15, 0.2) is 17.5 Å². The lowest BCUT2D eigenvalue weighted by Gasteiger charge is -2.22. The van der Waals surface area contributed by atoms with E-state index in [1.54, 1.807) is 7.11 Å². The molecule has 1 aromatic carbocycles. The van der Waals surface area contributed by atoms with Crippen LogP contribution >= 0.6 is 24.0 Å². The Kier molecular flexibility index (Phi) is 11.8. The molecule has 0 aliphatic heterocycles. The summed E-state index contributed by atoms with van der Waals surface area (Å²) in [5.74, 6) is 1.94. The largest absolute Gasteiger partial charge is 0.493 e. The van der Waals surface area contributed by atoms with Gasteiger partial charge < -0.3 is 25.4 Å². The van der Waals surface area contributed by atoms with Crippen LogP contribution in [0.3, 0.4) is 0 Å². The average molecular weight is 492 g/mol. The van der Waals surface area contributed by atoms with E-state index >= 15 is 0 Å². The van der Waals surface area contributed by atoms with Crippen LogP contribution in [-0.2, 0) is 4.79 Å². The molecule has 0 saturated heterocycles. The van der Waals surface area contributed by atoms with E-state index in [1.165, 1.54) is 0 Å². The zero-order valence-corrected chi connectivity index (χ0v) is 19.5. The van der Waals surface area contributed by atoms with Gasteiger partial charge in [-0.05, 0) is 46.8 Å². The minimum Gasteiger partial charge on any atom is -0.493 e. The van der Waals surface area contributed by atoms with E-state index in [0.29, 0.717) is 43.7 Å². The number of aliphatic imine (C=N–C) groups is 1. The van der Waals surface area contributed by atoms with Crippen molar-refractivity contribution in [2.75, 3.05) is 38.7 Å². The molecule has 1 rings (SSSR count). The number of nitrogens with zero attached hydrogens (tertiary/aromatic N) is 1. The molecule has 0 aliphatic rings. The minimum atomic E-state index is -0.588. The number of carbonyl (C=O) groups excluding carboxylic acids is 1. The summed E-state index contributed by atoms with van der Waals surface area (Å²) in [5.41, 5.74) is 0.232. The number of nitrogens with one attached hydrogen (secondary N) is 3. The number of hydrogen-bond acceptors (Lipinski definition) is 4. The highest BCUT2D eigenvalue weighted by Crippen LogP contribution is 2.30. The highest BCUT2D eigenvalue weighted by atomic mass is 127. The van der Waals surface area contributed by atoms with Crippen molar-refractivity contribution in [3.8, 4) is 11.5 Å². The third-order valence-corrected chi connectivity index (χ3v) is 3.65. The van der Waals surface area contributed by atoms with E-state index in [4.69, 9.17) is 9.47 Å². The van der Waals surface area contributed by atoms with Crippen LogP contribution in [0.2, 0.25) is 0 Å². The van der Waals surface area contributed by atoms with E-state index in [0.717, 1.165) is 5.69 Å². The summed E-state index contributed by atoms with van der Waals surface area (Å²) in [6.45, 7) is 11.8. The molecule has 0 atom stereocenters. The van der Waals surface area contributed by atoms with Crippen LogP contribution in [0, 0.1) is 5.41 Å². The Morgan fingerprint density at radius 1 is 1.11 bits per heavy atom. The van der Waals surface area contributed by atoms with Gasteiger partial charge in [-0.25, -0.2) is 0 Å². The predicted octanol–water partition coefficient (Wildman–Crippen LogP) is 3.25. The summed E-state index contributed by atoms with van der Waals surface area (Å²) in [7, 11) is 1.61. The summed E-state index contributed by atoms with van der Waals surface area (Å²) < 4.78 is 10.9. The maximum atomic E-state index is 12.1. The van der Waals surface area contributed by atoms with Crippen molar-refractivity contribution in [2.24, 2.45) is 10.4 Å². The number of halogens is 1. The molecule has 0 aliphatic carbocycles. The number of benzene rings is 1. The summed E-state index contributed by atoms with van der Waals surface area (Å²) >= 11 is 0. The smallest absolute Gasteiger partial charge is 0.227 e. The van der Waals surface area contributed by atoms with Crippen molar-refractivity contribution in [3.05, 3.63) is 18.2 Å². The molecule has 1 amide bonds. The van der Waals surface area contributed by atoms with Crippen LogP contribution in [-0.4, -0.2) is 45.2 Å². The standard InChI is InChI=1S/C19H32N4O3.HI/c1-7-20-17(24)19(4,5)13-22-18(21-8-2)23-14-10-11-15(26-9-3)16(12-14)25-6;/h10-12H,7-9,13H2,1-6H3,(H,20,24)(H2,21,22,23);1H. The molecule has 0 heterocycles. The quantitative estimate of drug-likeness (QED) is 0.280. The van der Waals surface area contributed by atoms with Gasteiger partial charge in [0.1, 0.15) is 0 Å². The summed E-state index contributed by atoms with van der Waals surface area (Å²) in [6, 6.07) is 5.61. The topological polar surface area (TPSA) is 84.0 Å². The fourth-order valence-electron chi connectivity index (χ4n) is 2.21. The maximum absolute atomic E-state index is 12.1. The molecular weight excluding hydrogens is 459 g/mol. The number of ether oxygens (including phenoxy) is 2. The molecule has 0 spiro atoms. The highest BCUT2D eigenvalue weighted by Gasteiger charge is 2.26. The Bertz CT molecular complexity index is 621. The Balaban J connectivity index is 0.00000676. The van der Waals surface area contributed by atoms with Crippen molar-refractivity contribution in [3.63, 3.8) is 0 Å². The Morgan fingerprint density at radius 3 is 2.33 bits per heavy atom. The van der Waals surface area contributed by atoms with Crippen LogP contribution in [0.15, 0.2) is 23.2 Å². The lowest BCUT2D eigenvalue weighted by atomic mass is 9.92. The van der Waals surface area contributed by atoms with Gasteiger partial charge in [0.25, 0.3) is 0 Å². The van der Waals surface area contributed by atoms with Gasteiger partial charge in [-0.2, -0.15) is 0 Å². The van der Waals surface area contributed by atoms with E-state index < -0.39 is 5.41 Å². The van der Waals surface area contributed by atoms with Gasteiger partial charge in [0.05, 0.1) is 25.7 Å². The first-order valence-corrected chi connectivity index (χ1v) is 9.02. The van der Waals surface area contributed by atoms with Crippen LogP contribution in [0.5, 0.6) is 11.5 Å². The monoisotopic (exact) mass is 492 g/mol. The van der Waals surface area contributed by atoms with Gasteiger partial charge >= 0.3 is 0 Å². The lowest BCUT2D eigenvalue weighted by molar-refractivity contribution is -0.128. The summed E-state index contributed by atoms with van der Waals surface area (Å²) in [6.07, 6.45) is 0. The molecule has 7 nitrogen and oxygen atoms in total. The molecule has 0 aromatic heterocycles. The third-order valence-electron chi connectivity index (χ3n) is 3.65. The molecule has 3 N–H and O–H groups in total. The lowest BCUT2D eigenvalue weighted by Crippen LogP contribution is -2.40. The first kappa shape index (κ1) is 25.3. The van der Waals surface area contributed by atoms with Crippen LogP contribution in [0.1, 0.15) is 34.6 Å². The number of anilines is 1. The van der Waals surface area contributed by atoms with Crippen molar-refractivity contribution in [1.82, 2.24) is 10.6 Å². The molecule has 0 unspecified atom stereocenters. The van der Waals surface area contributed by atoms with Gasteiger partial charge in [-0.1, -0.05) is 0 Å². The van der Waals surface area contributed by atoms with Gasteiger partial charge in [0.2, 0.25) is 5.91 Å². The fourth-order valence-corrected chi connectivity index (χ4v) is 2.21. The number of carbonyl (C=O) groups is 1. The number of methoxy groups -OCH3 is 1. The van der Waals surface area contributed by atoms with Crippen molar-refractivity contribution < 1.29 is 14.3 Å². The molecule has 0 radical (unpaired) electrons. The second-order valence-corrected chi connectivity index (χ2v) is 6.36. The minimum absolute atomic E-state index is 0. The van der Waals surface area contributed by atoms with Gasteiger partial charge in [-0.3, -0.25) is 9.79 Å². The number of rotatable bonds is 9. The van der Waals surface area contributed by atoms with E-state index in [9.17, 15) is 4.79 Å². The number of hydrogen-bond donors (Lipinski definition) is 3. The molecule has 154 valence electrons. The fraction of sp³-hybridized carbons (Fsp3) is 0.579. The van der Waals surface area contributed by atoms with Gasteiger partial charge in [0, 0.05) is 24.8 Å². The molecule has 0 saturated carbocycles. The van der Waals surface area contributed by atoms with Crippen LogP contribution in [0.4, 0.5) is 5.69 Å². The van der Waals surface area contributed by atoms with E-state index in [2.05, 4.69) is 20.9 Å². The molecular formula is C19H33IN4O3. The molecule has 1 aromatic rings. The first-order valence-electron chi connectivity index (χ1n) is 9.02. The van der Waals surface area contributed by atoms with Gasteiger partial charge in [-0.15, -0.1) is 24.0 Å². The number of amides is 1. The van der Waals surface area contributed by atoms with Crippen molar-refractivity contribution in [2.45, 2.75) is 34.6 Å². The summed E-state index contributed by atoms with van der Waals surface area (Å²) in [5, 5.41) is 9.27. The Morgan fingerprint density at radius 2 is 1.78 bits per heavy atom. The normalized spacial score (nSPS) is 11.3. The van der Waals surface area contributed by atoms with Crippen molar-refractivity contribution in [1.29, 1.82) is 0 Å². The zero-order chi connectivity index (χ0) is 19.6. The summed E-state index contributed by atoms with van der Waals surface area (Å²) in [4.78, 5) is 16.7. The maximum Gasteiger partial charge on any atom is 0.227 e. The third kappa shape index (κ3) is 8.23. The van der Waals surface area contributed by atoms with Crippen LogP contribution < -0.4 is 25.4 Å². The zero-order valence-electron chi connectivity index (χ0n) is 17.1.